The van der Waals surface area contributed by atoms with Crippen molar-refractivity contribution in [1.82, 2.24) is 4.90 Å². The van der Waals surface area contributed by atoms with Crippen molar-refractivity contribution < 1.29 is 10.2 Å². The van der Waals surface area contributed by atoms with E-state index in [-0.39, 0.29) is 18.1 Å². The van der Waals surface area contributed by atoms with Gasteiger partial charge in [-0.3, -0.25) is 4.90 Å². The van der Waals surface area contributed by atoms with Gasteiger partial charge in [0.05, 0.1) is 12.7 Å². The Kier molecular flexibility index (Phi) is 4.61. The minimum absolute atomic E-state index is 0.124. The zero-order valence-electron chi connectivity index (χ0n) is 11.9. The van der Waals surface area contributed by atoms with Gasteiger partial charge in [-0.25, -0.2) is 0 Å². The van der Waals surface area contributed by atoms with Gasteiger partial charge >= 0.3 is 0 Å². The Hall–Kier alpha value is -0.900. The summed E-state index contributed by atoms with van der Waals surface area (Å²) in [5.41, 5.74) is 0.896. The lowest BCUT2D eigenvalue weighted by Crippen LogP contribution is -2.49. The van der Waals surface area contributed by atoms with Crippen LogP contribution in [0.3, 0.4) is 0 Å². The first-order chi connectivity index (χ1) is 9.05. The van der Waals surface area contributed by atoms with Crippen molar-refractivity contribution >= 4 is 0 Å². The topological polar surface area (TPSA) is 43.7 Å². The largest absolute Gasteiger partial charge is 0.395 e. The average molecular weight is 263 g/mol. The van der Waals surface area contributed by atoms with E-state index in [9.17, 15) is 10.2 Å². The number of β-amino-alcohol motifs (C(OH)–C–C–N with tert-alkyl or cyclic N) is 1. The first-order valence-corrected chi connectivity index (χ1v) is 7.12. The van der Waals surface area contributed by atoms with E-state index in [0.29, 0.717) is 12.5 Å². The van der Waals surface area contributed by atoms with Crippen LogP contribution in [0.1, 0.15) is 25.8 Å². The third-order valence-electron chi connectivity index (χ3n) is 4.40. The maximum atomic E-state index is 9.98. The molecule has 0 saturated carbocycles. The van der Waals surface area contributed by atoms with Gasteiger partial charge in [-0.1, -0.05) is 44.2 Å². The molecule has 1 aromatic carbocycles. The fraction of sp³-hybridized carbons (Fsp3) is 0.625. The van der Waals surface area contributed by atoms with Crippen LogP contribution in [0.2, 0.25) is 0 Å². The van der Waals surface area contributed by atoms with Crippen LogP contribution in [0.25, 0.3) is 0 Å². The lowest BCUT2D eigenvalue weighted by molar-refractivity contribution is 0.0151. The molecule has 1 saturated heterocycles. The number of rotatable bonds is 4. The van der Waals surface area contributed by atoms with E-state index in [2.05, 4.69) is 30.9 Å². The van der Waals surface area contributed by atoms with Crippen molar-refractivity contribution in [3.8, 4) is 0 Å². The molecule has 3 atom stereocenters. The number of aliphatic hydroxyl groups is 2. The number of nitrogens with zero attached hydrogens (tertiary/aromatic N) is 1. The molecule has 19 heavy (non-hydrogen) atoms. The third-order valence-corrected chi connectivity index (χ3v) is 4.40. The molecule has 0 aliphatic carbocycles. The number of piperidine rings is 1. The third kappa shape index (κ3) is 3.35. The molecule has 0 amide bonds. The first-order valence-electron chi connectivity index (χ1n) is 7.12. The summed E-state index contributed by atoms with van der Waals surface area (Å²) in [5.74, 6) is 0.383. The SMILES string of the molecule is CC1CCN(CC(C)(CO)c2ccccc2)CC1O. The van der Waals surface area contributed by atoms with Gasteiger partial charge in [0, 0.05) is 18.5 Å². The van der Waals surface area contributed by atoms with Crippen LogP contribution >= 0.6 is 0 Å². The molecule has 1 heterocycles. The second-order valence-corrected chi connectivity index (χ2v) is 6.15. The summed E-state index contributed by atoms with van der Waals surface area (Å²) in [6.07, 6.45) is 0.782. The zero-order valence-corrected chi connectivity index (χ0v) is 11.9. The van der Waals surface area contributed by atoms with E-state index >= 15 is 0 Å². The summed E-state index contributed by atoms with van der Waals surface area (Å²) >= 11 is 0. The highest BCUT2D eigenvalue weighted by atomic mass is 16.3. The van der Waals surface area contributed by atoms with Crippen molar-refractivity contribution in [2.45, 2.75) is 31.8 Å². The first kappa shape index (κ1) is 14.5. The van der Waals surface area contributed by atoms with E-state index in [1.165, 1.54) is 0 Å². The summed E-state index contributed by atoms with van der Waals surface area (Å²) in [7, 11) is 0. The quantitative estimate of drug-likeness (QED) is 0.868. The molecule has 3 nitrogen and oxygen atoms in total. The maximum absolute atomic E-state index is 9.98. The second kappa shape index (κ2) is 6.04. The van der Waals surface area contributed by atoms with Gasteiger partial charge in [-0.05, 0) is 24.4 Å². The molecule has 106 valence electrons. The van der Waals surface area contributed by atoms with E-state index in [4.69, 9.17) is 0 Å². The van der Waals surface area contributed by atoms with Gasteiger partial charge in [-0.15, -0.1) is 0 Å². The molecule has 1 aliphatic heterocycles. The van der Waals surface area contributed by atoms with Crippen LogP contribution in [0.5, 0.6) is 0 Å². The lowest BCUT2D eigenvalue weighted by Gasteiger charge is -2.40. The number of hydrogen-bond acceptors (Lipinski definition) is 3. The summed E-state index contributed by atoms with van der Waals surface area (Å²) in [6, 6.07) is 10.2. The highest BCUT2D eigenvalue weighted by Crippen LogP contribution is 2.27. The molecule has 1 fully saturated rings. The Balaban J connectivity index is 2.07. The van der Waals surface area contributed by atoms with E-state index in [1.807, 2.05) is 18.2 Å². The monoisotopic (exact) mass is 263 g/mol. The average Bonchev–Trinajstić information content (AvgIpc) is 2.44. The Morgan fingerprint density at radius 3 is 2.58 bits per heavy atom. The van der Waals surface area contributed by atoms with Crippen LogP contribution < -0.4 is 0 Å². The molecular weight excluding hydrogens is 238 g/mol. The molecule has 0 radical (unpaired) electrons. The van der Waals surface area contributed by atoms with Crippen molar-refractivity contribution in [3.63, 3.8) is 0 Å². The lowest BCUT2D eigenvalue weighted by atomic mass is 9.82. The van der Waals surface area contributed by atoms with Gasteiger partial charge in [0.25, 0.3) is 0 Å². The molecule has 0 bridgehead atoms. The van der Waals surface area contributed by atoms with Crippen molar-refractivity contribution in [2.75, 3.05) is 26.2 Å². The molecule has 0 spiro atoms. The minimum Gasteiger partial charge on any atom is -0.395 e. The van der Waals surface area contributed by atoms with Crippen LogP contribution in [0.4, 0.5) is 0 Å². The van der Waals surface area contributed by atoms with Crippen LogP contribution in [0, 0.1) is 5.92 Å². The van der Waals surface area contributed by atoms with E-state index in [1.54, 1.807) is 0 Å². The van der Waals surface area contributed by atoms with E-state index in [0.717, 1.165) is 25.1 Å². The van der Waals surface area contributed by atoms with Crippen molar-refractivity contribution in [1.29, 1.82) is 0 Å². The summed E-state index contributed by atoms with van der Waals surface area (Å²) in [5, 5.41) is 19.8. The standard InChI is InChI=1S/C16H25NO2/c1-13-8-9-17(10-15(13)19)11-16(2,12-18)14-6-4-3-5-7-14/h3-7,13,15,18-19H,8-12H2,1-2H3. The van der Waals surface area contributed by atoms with Gasteiger partial charge in [0.15, 0.2) is 0 Å². The van der Waals surface area contributed by atoms with Crippen LogP contribution in [-0.4, -0.2) is 47.5 Å². The number of likely N-dealkylation sites (tertiary alicyclic amines) is 1. The molecule has 2 rings (SSSR count). The predicted octanol–water partition coefficient (Wildman–Crippen LogP) is 1.64. The number of hydrogen-bond donors (Lipinski definition) is 2. The van der Waals surface area contributed by atoms with Crippen molar-refractivity contribution in [3.05, 3.63) is 35.9 Å². The van der Waals surface area contributed by atoms with Crippen LogP contribution in [0.15, 0.2) is 30.3 Å². The minimum atomic E-state index is -0.262. The van der Waals surface area contributed by atoms with Gasteiger partial charge in [-0.2, -0.15) is 0 Å². The highest BCUT2D eigenvalue weighted by molar-refractivity contribution is 5.25. The summed E-state index contributed by atoms with van der Waals surface area (Å²) in [4.78, 5) is 2.27. The number of aliphatic hydroxyl groups excluding tert-OH is 2. The van der Waals surface area contributed by atoms with Gasteiger partial charge < -0.3 is 10.2 Å². The molecular formula is C16H25NO2. The summed E-state index contributed by atoms with van der Waals surface area (Å²) < 4.78 is 0. The Bertz CT molecular complexity index is 395. The molecule has 0 aromatic heterocycles. The van der Waals surface area contributed by atoms with Gasteiger partial charge in [0.2, 0.25) is 0 Å². The molecule has 3 heteroatoms. The van der Waals surface area contributed by atoms with Gasteiger partial charge in [0.1, 0.15) is 0 Å². The summed E-state index contributed by atoms with van der Waals surface area (Å²) in [6.45, 7) is 6.82. The number of benzene rings is 1. The molecule has 2 N–H and O–H groups in total. The highest BCUT2D eigenvalue weighted by Gasteiger charge is 2.32. The van der Waals surface area contributed by atoms with Crippen LogP contribution in [-0.2, 0) is 5.41 Å². The van der Waals surface area contributed by atoms with Crippen molar-refractivity contribution in [2.24, 2.45) is 5.92 Å². The fourth-order valence-corrected chi connectivity index (χ4v) is 2.82. The molecule has 1 aliphatic rings. The molecule has 1 aromatic rings. The Morgan fingerprint density at radius 2 is 2.00 bits per heavy atom. The fourth-order valence-electron chi connectivity index (χ4n) is 2.82. The molecule has 3 unspecified atom stereocenters. The smallest absolute Gasteiger partial charge is 0.0693 e. The Labute approximate surface area is 115 Å². The normalized spacial score (nSPS) is 28.0. The predicted molar refractivity (Wildman–Crippen MR) is 77.1 cm³/mol. The second-order valence-electron chi connectivity index (χ2n) is 6.15. The maximum Gasteiger partial charge on any atom is 0.0693 e. The van der Waals surface area contributed by atoms with E-state index < -0.39 is 0 Å². The Morgan fingerprint density at radius 1 is 1.32 bits per heavy atom. The zero-order chi connectivity index (χ0) is 13.9.